The molecule has 8 aliphatic heterocycles. The third-order valence-corrected chi connectivity index (χ3v) is 35.5. The van der Waals surface area contributed by atoms with Crippen molar-refractivity contribution in [3.63, 3.8) is 0 Å². The predicted octanol–water partition coefficient (Wildman–Crippen LogP) is 13.6. The maximum atomic E-state index is 13.6. The summed E-state index contributed by atoms with van der Waals surface area (Å²) in [6.07, 6.45) is 11.8. The van der Waals surface area contributed by atoms with Crippen LogP contribution < -0.4 is 69.9 Å². The second kappa shape index (κ2) is 43.7. The number of hydrogen-bond acceptors (Lipinski definition) is 28. The van der Waals surface area contributed by atoms with Gasteiger partial charge in [0.05, 0.1) is 121 Å². The molecule has 42 heteroatoms. The second-order valence-corrected chi connectivity index (χ2v) is 47.5. The van der Waals surface area contributed by atoms with E-state index in [9.17, 15) is 55.8 Å². The molecule has 150 heavy (non-hydrogen) atoms. The number of aryl methyl sites for hydroxylation is 4. The van der Waals surface area contributed by atoms with Crippen molar-refractivity contribution in [3.8, 4) is 0 Å². The number of rotatable bonds is 18. The van der Waals surface area contributed by atoms with Crippen LogP contribution in [0.3, 0.4) is 0 Å². The molecule has 0 radical (unpaired) electrons. The molecule has 12 heterocycles. The van der Waals surface area contributed by atoms with Crippen LogP contribution in [0, 0.1) is 27.7 Å². The van der Waals surface area contributed by atoms with Gasteiger partial charge in [-0.2, -0.15) is 19.9 Å². The molecule has 8 aromatic carbocycles. The van der Waals surface area contributed by atoms with E-state index in [1.807, 2.05) is 185 Å². The van der Waals surface area contributed by atoms with E-state index in [2.05, 4.69) is 74.1 Å². The quantitative estimate of drug-likeness (QED) is 0.0370. The number of benzene rings is 8. The molecule has 8 aliphatic rings. The fourth-order valence-electron chi connectivity index (χ4n) is 19.4. The largest absolute Gasteiger partial charge is 0.392 e. The third-order valence-electron chi connectivity index (χ3n) is 27.8. The minimum atomic E-state index is -2.82. The number of fused-ring (bicyclic) bond motifs is 8. The van der Waals surface area contributed by atoms with Gasteiger partial charge in [-0.05, 0) is 224 Å². The molecule has 12 aromatic rings. The summed E-state index contributed by atoms with van der Waals surface area (Å²) >= 11 is 0. The molecular formula is C108H126N26O12S4. The van der Waals surface area contributed by atoms with Crippen molar-refractivity contribution in [1.82, 2.24) is 67.7 Å². The molecule has 784 valence electrons. The number of aliphatic hydroxyl groups is 2. The van der Waals surface area contributed by atoms with Crippen LogP contribution in [-0.2, 0) is 48.4 Å². The van der Waals surface area contributed by atoms with E-state index >= 15 is 0 Å². The lowest BCUT2D eigenvalue weighted by Gasteiger charge is -2.33. The number of aromatic nitrogens is 8. The summed E-state index contributed by atoms with van der Waals surface area (Å²) in [6, 6.07) is 51.7. The van der Waals surface area contributed by atoms with Crippen molar-refractivity contribution in [2.75, 3.05) is 169 Å². The Hall–Kier alpha value is -14.9. The Morgan fingerprint density at radius 1 is 0.327 bits per heavy atom. The van der Waals surface area contributed by atoms with E-state index in [4.69, 9.17) is 19.9 Å². The zero-order chi connectivity index (χ0) is 107. The molecule has 38 nitrogen and oxygen atoms in total. The molecule has 6 unspecified atom stereocenters. The van der Waals surface area contributed by atoms with Crippen LogP contribution >= 0.6 is 0 Å². The topological polar surface area (TPSA) is 425 Å². The first-order valence-corrected chi connectivity index (χ1v) is 56.1. The number of likely N-dealkylation sites (tertiary alicyclic amines) is 2. The second-order valence-electron chi connectivity index (χ2n) is 38.8. The Morgan fingerprint density at radius 3 is 0.840 bits per heavy atom. The fraction of sp³-hybridized carbons (Fsp3) is 0.315. The number of nitrogens with zero attached hydrogens (tertiary/aromatic N) is 20. The highest BCUT2D eigenvalue weighted by molar-refractivity contribution is 7.99. The highest BCUT2D eigenvalue weighted by atomic mass is 32.2. The molecule has 8 N–H and O–H groups in total. The number of carbonyl (C=O) groups is 6. The standard InChI is InChI=1S/2C28H33N7O3S.2C26H30N6O3S/c2*1-18-11-12-24-23(14-18)27(37)34(4)25-16-29-28(31-26(25)33(24)3)30-20-8-6-10-22(15-20)39(5,38)32-21-9-7-13-35(17-21)19(2)36;2*1-17-10-11-22-21(13-17)25(34)31(3)23-15-27-26(29-24(23)30(22)2)28-18-7-5-9-20(14-18)36(4,35)32-12-6-8-19(33)16-32/h2*6,8,10-12,14-16,21H,5,7,9,13,17H2,1-4H3,(H,32,38)(H,29,30,31);2*5,7,9-11,13-15,19,33H,4,6,8,12,16H2,1-3H3,(H,27,28,29)/t;;2*19-,36?/m..10/s1. The molecule has 20 rings (SSSR count). The number of aliphatic hydroxyl groups excluding tert-OH is 2. The van der Waals surface area contributed by atoms with Gasteiger partial charge < -0.3 is 80.5 Å². The predicted molar refractivity (Wildman–Crippen MR) is 599 cm³/mol. The number of piperidine rings is 4. The zero-order valence-electron chi connectivity index (χ0n) is 86.5. The van der Waals surface area contributed by atoms with Gasteiger partial charge in [-0.1, -0.05) is 70.8 Å². The van der Waals surface area contributed by atoms with Crippen molar-refractivity contribution in [2.45, 2.75) is 137 Å². The minimum absolute atomic E-state index is 0.0174. The van der Waals surface area contributed by atoms with Crippen molar-refractivity contribution >= 4 is 213 Å². The highest BCUT2D eigenvalue weighted by Crippen LogP contribution is 2.45. The number of hydrogen-bond donors (Lipinski definition) is 8. The van der Waals surface area contributed by atoms with Crippen LogP contribution in [0.1, 0.15) is 129 Å². The van der Waals surface area contributed by atoms with Crippen molar-refractivity contribution < 1.29 is 55.8 Å². The highest BCUT2D eigenvalue weighted by Gasteiger charge is 2.38. The van der Waals surface area contributed by atoms with Crippen LogP contribution in [0.4, 0.5) is 115 Å². The first-order valence-electron chi connectivity index (χ1n) is 49.2. The van der Waals surface area contributed by atoms with Crippen LogP contribution in [0.2, 0.25) is 0 Å². The summed E-state index contributed by atoms with van der Waals surface area (Å²) in [5, 5.41) is 32.9. The van der Waals surface area contributed by atoms with Crippen molar-refractivity contribution in [3.05, 3.63) is 239 Å². The molecule has 4 aromatic heterocycles. The molecule has 0 spiro atoms. The van der Waals surface area contributed by atoms with Gasteiger partial charge in [-0.3, -0.25) is 28.8 Å². The Labute approximate surface area is 876 Å². The van der Waals surface area contributed by atoms with Crippen LogP contribution in [-0.4, -0.2) is 277 Å². The maximum Gasteiger partial charge on any atom is 0.260 e. The summed E-state index contributed by atoms with van der Waals surface area (Å²) in [6.45, 7) is 15.3. The van der Waals surface area contributed by atoms with Crippen LogP contribution in [0.15, 0.2) is 214 Å². The van der Waals surface area contributed by atoms with Gasteiger partial charge in [0.1, 0.15) is 22.7 Å². The summed E-state index contributed by atoms with van der Waals surface area (Å²) < 4.78 is 64.2. The average molecular weight is 2110 g/mol. The van der Waals surface area contributed by atoms with E-state index in [1.54, 1.807) is 165 Å². The Balaban J connectivity index is 0.000000136. The number of carbonyl (C=O) groups excluding carboxylic acids is 6. The fourth-order valence-corrected chi connectivity index (χ4v) is 25.8. The summed E-state index contributed by atoms with van der Waals surface area (Å²) in [4.78, 5) is 132. The van der Waals surface area contributed by atoms with Gasteiger partial charge in [0.25, 0.3) is 23.6 Å². The minimum Gasteiger partial charge on any atom is -0.392 e. The summed E-state index contributed by atoms with van der Waals surface area (Å²) in [7, 11) is 3.22. The Kier molecular flexibility index (Phi) is 31.0. The molecule has 0 saturated carbocycles. The number of β-amino-alcohol motifs (C(OH)–C–C–N with tert-alkyl or cyclic N) is 2. The normalized spacial score (nSPS) is 19.2. The number of anilines is 20. The van der Waals surface area contributed by atoms with Gasteiger partial charge in [0.15, 0.2) is 23.3 Å². The van der Waals surface area contributed by atoms with E-state index in [0.717, 1.165) is 96.6 Å². The zero-order valence-corrected chi connectivity index (χ0v) is 89.7. The first kappa shape index (κ1) is 106. The molecule has 6 amide bonds. The van der Waals surface area contributed by atoms with Gasteiger partial charge >= 0.3 is 0 Å². The monoisotopic (exact) mass is 2110 g/mol. The van der Waals surface area contributed by atoms with Crippen LogP contribution in [0.25, 0.3) is 0 Å². The molecular weight excluding hydrogens is 1980 g/mol. The lowest BCUT2D eigenvalue weighted by atomic mass is 10.1. The Morgan fingerprint density at radius 2 is 0.580 bits per heavy atom. The van der Waals surface area contributed by atoms with E-state index in [1.165, 1.54) is 0 Å². The van der Waals surface area contributed by atoms with Gasteiger partial charge in [0.2, 0.25) is 35.6 Å². The third kappa shape index (κ3) is 22.8. The van der Waals surface area contributed by atoms with Crippen LogP contribution in [0.5, 0.6) is 0 Å². The molecule has 0 bridgehead atoms. The van der Waals surface area contributed by atoms with E-state index in [0.29, 0.717) is 187 Å². The first-order chi connectivity index (χ1) is 71.4. The summed E-state index contributed by atoms with van der Waals surface area (Å²) in [5.41, 5.74) is 14.5. The SMILES string of the molecule is C=S(=O)(NC1CCCN(C(C)=O)C1)c1cccc(Nc2ncc3c(n2)N(C)c2ccc(C)cc2C(=O)N3C)c1.C=S(=O)(NC1CCCN(C(C)=O)C1)c1cccc(Nc2ncc3c(n2)N(C)c2ccc(C)cc2C(=O)N3C)c1.C=S(=O)(c1cccc(Nc2ncc3c(n2)N(C)c2ccc(C)cc2C(=O)N3C)c1)N1CCC[C@@H](O)C1.C=S(=O)(c1cccc(Nc2ncc3c(n2)N(C)c2ccc(C)cc2C(=O)N3C)c1)N1CCC[C@H](O)C1. The Bertz CT molecular complexity index is 7350. The smallest absolute Gasteiger partial charge is 0.260 e. The van der Waals surface area contributed by atoms with E-state index in [-0.39, 0.29) is 47.5 Å². The average Bonchev–Trinajstić information content (AvgIpc) is 1.63. The molecule has 4 saturated heterocycles. The van der Waals surface area contributed by atoms with E-state index < -0.39 is 51.0 Å². The van der Waals surface area contributed by atoms with Gasteiger partial charge in [-0.25, -0.2) is 54.8 Å². The van der Waals surface area contributed by atoms with Crippen molar-refractivity contribution in [1.29, 1.82) is 0 Å². The van der Waals surface area contributed by atoms with Crippen molar-refractivity contribution in [2.24, 2.45) is 0 Å². The summed E-state index contributed by atoms with van der Waals surface area (Å²) in [5.74, 6) is 19.2. The molecule has 4 fully saturated rings. The van der Waals surface area contributed by atoms with Gasteiger partial charge in [0, 0.05) is 177 Å². The maximum absolute atomic E-state index is 13.6. The molecule has 8 atom stereocenters. The molecule has 0 aliphatic carbocycles. The number of nitrogens with one attached hydrogen (secondary N) is 6. The lowest BCUT2D eigenvalue weighted by molar-refractivity contribution is -0.130. The number of amides is 6. The van der Waals surface area contributed by atoms with Gasteiger partial charge in [-0.15, -0.1) is 0 Å². The lowest BCUT2D eigenvalue weighted by Crippen LogP contribution is -2.48.